The Morgan fingerprint density at radius 3 is 1.47 bits per heavy atom. The average Bonchev–Trinajstić information content (AvgIpc) is 3.40. The summed E-state index contributed by atoms with van der Waals surface area (Å²) in [5, 5.41) is 1.62. The Bertz CT molecular complexity index is 1460. The van der Waals surface area contributed by atoms with Crippen LogP contribution in [0.1, 0.15) is 10.5 Å². The van der Waals surface area contributed by atoms with E-state index in [-0.39, 0.29) is 10.3 Å². The molecule has 0 unspecified atom stereocenters. The van der Waals surface area contributed by atoms with Gasteiger partial charge in [-0.25, -0.2) is 0 Å². The summed E-state index contributed by atoms with van der Waals surface area (Å²) in [7, 11) is -5.05. The molecule has 0 aliphatic heterocycles. The first kappa shape index (κ1) is 26.2. The van der Waals surface area contributed by atoms with Crippen LogP contribution >= 0.6 is 18.2 Å². The monoisotopic (exact) mass is 564 g/mol. The number of carbonyl (C=O) groups is 1. The van der Waals surface area contributed by atoms with Gasteiger partial charge in [-0.15, -0.1) is 0 Å². The van der Waals surface area contributed by atoms with Crippen molar-refractivity contribution < 1.29 is 33.1 Å². The summed E-state index contributed by atoms with van der Waals surface area (Å²) in [6, 6.07) is 35.0. The fraction of sp³-hybridized carbons (Fsp3) is 0. The Balaban J connectivity index is 2.08. The third-order valence-corrected chi connectivity index (χ3v) is 15.1. The first-order chi connectivity index (χ1) is 18.3. The summed E-state index contributed by atoms with van der Waals surface area (Å²) in [6.45, 7) is -5.00. The van der Waals surface area contributed by atoms with Gasteiger partial charge in [-0.05, 0) is 0 Å². The van der Waals surface area contributed by atoms with Crippen LogP contribution in [0, 0.1) is 10.2 Å². The van der Waals surface area contributed by atoms with Gasteiger partial charge in [-0.1, -0.05) is 0 Å². The minimum atomic E-state index is -5.05. The zero-order chi connectivity index (χ0) is 26.8. The van der Waals surface area contributed by atoms with Crippen molar-refractivity contribution in [2.45, 2.75) is 0 Å². The van der Waals surface area contributed by atoms with Gasteiger partial charge < -0.3 is 0 Å². The van der Waals surface area contributed by atoms with Crippen molar-refractivity contribution in [3.8, 4) is 10.6 Å². The molecule has 38 heavy (non-hydrogen) atoms. The van der Waals surface area contributed by atoms with Crippen molar-refractivity contribution in [1.82, 2.24) is 4.98 Å². The summed E-state index contributed by atoms with van der Waals surface area (Å²) in [4.78, 5) is 17.6. The normalized spacial score (nSPS) is 13.0. The zero-order valence-corrected chi connectivity index (χ0v) is 22.3. The van der Waals surface area contributed by atoms with E-state index in [0.29, 0.717) is 26.5 Å². The molecule has 1 aromatic heterocycles. The van der Waals surface area contributed by atoms with E-state index < -0.39 is 23.0 Å². The van der Waals surface area contributed by atoms with Crippen molar-refractivity contribution >= 4 is 44.6 Å². The number of aromatic nitrogens is 1. The number of amides is 1. The fourth-order valence-electron chi connectivity index (χ4n) is 4.72. The Morgan fingerprint density at radius 1 is 0.711 bits per heavy atom. The predicted octanol–water partition coefficient (Wildman–Crippen LogP) is 0.893. The van der Waals surface area contributed by atoms with Crippen LogP contribution in [0.25, 0.3) is 10.6 Å². The van der Waals surface area contributed by atoms with E-state index in [9.17, 15) is 18.8 Å². The summed E-state index contributed by atoms with van der Waals surface area (Å²) >= 11 is 1.09. The second kappa shape index (κ2) is 10.0. The van der Waals surface area contributed by atoms with Crippen LogP contribution in [0.4, 0.5) is 0 Å². The number of primary amides is 1. The van der Waals surface area contributed by atoms with Crippen molar-refractivity contribution in [1.29, 1.82) is 0 Å². The Labute approximate surface area is 225 Å². The van der Waals surface area contributed by atoms with Gasteiger partial charge in [0.15, 0.2) is 0 Å². The number of halogens is 1. The van der Waals surface area contributed by atoms with E-state index in [2.05, 4.69) is 4.98 Å². The van der Waals surface area contributed by atoms with Crippen LogP contribution in [-0.4, -0.2) is 10.9 Å². The molecule has 0 aliphatic rings. The zero-order valence-electron chi connectivity index (χ0n) is 19.8. The van der Waals surface area contributed by atoms with Crippen LogP contribution in [0.5, 0.6) is 0 Å². The number of benzene rings is 4. The van der Waals surface area contributed by atoms with Gasteiger partial charge in [0.1, 0.15) is 0 Å². The van der Waals surface area contributed by atoms with Crippen molar-refractivity contribution in [3.05, 3.63) is 127 Å². The third kappa shape index (κ3) is 4.22. The van der Waals surface area contributed by atoms with Crippen LogP contribution in [0.2, 0.25) is 0 Å². The van der Waals surface area contributed by atoms with Crippen LogP contribution < -0.4 is 40.2 Å². The molecule has 7 nitrogen and oxygen atoms in total. The number of hydrogen-bond donors (Lipinski definition) is 1. The van der Waals surface area contributed by atoms with E-state index in [1.165, 1.54) is 0 Å². The number of hydrogen-bond acceptors (Lipinski definition) is 7. The van der Waals surface area contributed by atoms with Crippen LogP contribution in [-0.2, 0) is 4.08 Å². The second-order valence-electron chi connectivity index (χ2n) is 8.39. The second-order valence-corrected chi connectivity index (χ2v) is 15.1. The number of nitrogens with zero attached hydrogens (tertiary/aromatic N) is 1. The predicted molar refractivity (Wildman–Crippen MR) is 142 cm³/mol. The van der Waals surface area contributed by atoms with Crippen LogP contribution in [0.15, 0.2) is 121 Å². The molecule has 0 radical (unpaired) electrons. The van der Waals surface area contributed by atoms with Gasteiger partial charge in [0.25, 0.3) is 0 Å². The van der Waals surface area contributed by atoms with Crippen molar-refractivity contribution in [3.63, 3.8) is 0 Å². The van der Waals surface area contributed by atoms with E-state index in [4.69, 9.17) is 9.81 Å². The SMILES string of the molecule is NC(=O)c1nc(-c2ccccc2)sc1P(O[Cl+3]([O-])([O-])[O-])(c1ccccc1)(c1ccccc1)c1ccccc1. The van der Waals surface area contributed by atoms with Gasteiger partial charge in [0.2, 0.25) is 0 Å². The molecular weight excluding hydrogens is 543 g/mol. The molecule has 5 rings (SSSR count). The maximum atomic E-state index is 13.0. The summed E-state index contributed by atoms with van der Waals surface area (Å²) in [6.07, 6.45) is 0. The van der Waals surface area contributed by atoms with Gasteiger partial charge in [0.05, 0.1) is 0 Å². The van der Waals surface area contributed by atoms with Crippen LogP contribution in [0.3, 0.4) is 0 Å². The summed E-state index contributed by atoms with van der Waals surface area (Å²) in [5.41, 5.74) is 6.43. The Kier molecular flexibility index (Phi) is 6.90. The molecule has 0 fully saturated rings. The fourth-order valence-corrected chi connectivity index (χ4v) is 14.6. The third-order valence-electron chi connectivity index (χ3n) is 6.22. The minimum absolute atomic E-state index is 0.165. The topological polar surface area (TPSA) is 134 Å². The molecule has 5 aromatic rings. The molecule has 0 spiro atoms. The number of thiazole rings is 1. The molecule has 1 heterocycles. The molecule has 2 N–H and O–H groups in total. The molecule has 0 aliphatic carbocycles. The van der Waals surface area contributed by atoms with Crippen molar-refractivity contribution in [2.24, 2.45) is 5.73 Å². The Morgan fingerprint density at radius 2 is 1.11 bits per heavy atom. The van der Waals surface area contributed by atoms with E-state index in [0.717, 1.165) is 11.3 Å². The summed E-state index contributed by atoms with van der Waals surface area (Å²) in [5.74, 6) is -0.876. The molecular formula is C28H22ClN2O5PS. The maximum absolute atomic E-state index is 13.0. The van der Waals surface area contributed by atoms with E-state index in [1.54, 1.807) is 91.0 Å². The Hall–Kier alpha value is -3.46. The first-order valence-corrected chi connectivity index (χ1v) is 15.6. The van der Waals surface area contributed by atoms with Gasteiger partial charge >= 0.3 is 226 Å². The average molecular weight is 565 g/mol. The van der Waals surface area contributed by atoms with Gasteiger partial charge in [-0.3, -0.25) is 0 Å². The molecule has 1 amide bonds. The molecule has 0 saturated carbocycles. The van der Waals surface area contributed by atoms with Crippen molar-refractivity contribution in [2.75, 3.05) is 0 Å². The van der Waals surface area contributed by atoms with Gasteiger partial charge in [0, 0.05) is 0 Å². The molecule has 0 saturated heterocycles. The van der Waals surface area contributed by atoms with E-state index >= 15 is 0 Å². The molecule has 192 valence electrons. The number of nitrogens with two attached hydrogens (primary N) is 1. The molecule has 0 bridgehead atoms. The molecule has 4 aromatic carbocycles. The summed E-state index contributed by atoms with van der Waals surface area (Å²) < 4.78 is 44.5. The standard InChI is InChI=1S/C28H22ClN2O5PS/c30-26(32)25-28(38-27(31-25)21-13-5-1-6-14-21)37(36-29(33,34)35,22-15-7-2-8-16-22,23-17-9-3-10-18-23)24-19-11-4-12-20-24/h1-20H,(H2,30,32). The molecule has 0 atom stereocenters. The first-order valence-electron chi connectivity index (χ1n) is 11.4. The number of carbonyl (C=O) groups excluding carboxylic acids is 1. The quantitative estimate of drug-likeness (QED) is 0.278. The van der Waals surface area contributed by atoms with Gasteiger partial charge in [-0.2, -0.15) is 0 Å². The molecule has 10 heteroatoms. The van der Waals surface area contributed by atoms with E-state index in [1.807, 2.05) is 30.3 Å². The number of rotatable bonds is 8.